The van der Waals surface area contributed by atoms with Crippen LogP contribution in [0.1, 0.15) is 47.8 Å². The first kappa shape index (κ1) is 14.4. The molecule has 0 spiro atoms. The van der Waals surface area contributed by atoms with E-state index in [0.29, 0.717) is 11.9 Å². The number of nitrogens with one attached hydrogen (secondary N) is 1. The molecular weight excluding hydrogens is 262 g/mol. The summed E-state index contributed by atoms with van der Waals surface area (Å²) in [5.74, 6) is 0.396. The quantitative estimate of drug-likeness (QED) is 0.885. The van der Waals surface area contributed by atoms with Crippen molar-refractivity contribution in [2.24, 2.45) is 0 Å². The zero-order chi connectivity index (χ0) is 14.2. The average Bonchev–Trinajstić information content (AvgIpc) is 3.09. The van der Waals surface area contributed by atoms with Crippen molar-refractivity contribution in [2.45, 2.75) is 51.4 Å². The zero-order valence-electron chi connectivity index (χ0n) is 11.9. The van der Waals surface area contributed by atoms with E-state index in [0.717, 1.165) is 23.5 Å². The summed E-state index contributed by atoms with van der Waals surface area (Å²) in [7, 11) is -3.16. The van der Waals surface area contributed by atoms with Crippen LogP contribution in [0.4, 0.5) is 0 Å². The van der Waals surface area contributed by atoms with Crippen LogP contribution in [0, 0.1) is 13.8 Å². The van der Waals surface area contributed by atoms with Gasteiger partial charge in [0.25, 0.3) is 0 Å². The van der Waals surface area contributed by atoms with Gasteiger partial charge in [-0.1, -0.05) is 0 Å². The molecule has 0 amide bonds. The smallest absolute Gasteiger partial charge is 0.157 e. The highest BCUT2D eigenvalue weighted by atomic mass is 32.2. The van der Waals surface area contributed by atoms with Crippen LogP contribution < -0.4 is 5.32 Å². The molecule has 1 heterocycles. The average molecular weight is 283 g/mol. The van der Waals surface area contributed by atoms with E-state index in [1.165, 1.54) is 19.1 Å². The van der Waals surface area contributed by atoms with Crippen LogP contribution in [-0.2, 0) is 16.4 Å². The Balaban J connectivity index is 2.24. The van der Waals surface area contributed by atoms with Gasteiger partial charge in [0.2, 0.25) is 0 Å². The van der Waals surface area contributed by atoms with E-state index in [1.807, 2.05) is 13.8 Å². The second kappa shape index (κ2) is 5.17. The van der Waals surface area contributed by atoms with Gasteiger partial charge in [-0.25, -0.2) is 18.4 Å². The third-order valence-corrected chi connectivity index (χ3v) is 5.08. The van der Waals surface area contributed by atoms with Gasteiger partial charge in [0.05, 0.1) is 0 Å². The van der Waals surface area contributed by atoms with Gasteiger partial charge in [0.1, 0.15) is 11.1 Å². The molecule has 1 aromatic heterocycles. The lowest BCUT2D eigenvalue weighted by Crippen LogP contribution is -2.20. The van der Waals surface area contributed by atoms with E-state index in [1.54, 1.807) is 6.92 Å². The predicted molar refractivity (Wildman–Crippen MR) is 74.6 cm³/mol. The Morgan fingerprint density at radius 3 is 2.21 bits per heavy atom. The number of sulfone groups is 1. The highest BCUT2D eigenvalue weighted by molar-refractivity contribution is 7.90. The van der Waals surface area contributed by atoms with Crippen molar-refractivity contribution in [1.29, 1.82) is 0 Å². The molecular formula is C13H21N3O2S. The van der Waals surface area contributed by atoms with Crippen molar-refractivity contribution in [3.05, 3.63) is 22.8 Å². The molecule has 1 saturated carbocycles. The summed E-state index contributed by atoms with van der Waals surface area (Å²) >= 11 is 0. The van der Waals surface area contributed by atoms with Crippen LogP contribution in [0.15, 0.2) is 0 Å². The fourth-order valence-corrected chi connectivity index (χ4v) is 2.42. The highest BCUT2D eigenvalue weighted by Crippen LogP contribution is 2.22. The van der Waals surface area contributed by atoms with Crippen molar-refractivity contribution < 1.29 is 8.42 Å². The molecule has 1 fully saturated rings. The first-order valence-electron chi connectivity index (χ1n) is 6.55. The summed E-state index contributed by atoms with van der Waals surface area (Å²) in [4.78, 5) is 8.74. The van der Waals surface area contributed by atoms with Crippen molar-refractivity contribution in [1.82, 2.24) is 15.3 Å². The fraction of sp³-hybridized carbons (Fsp3) is 0.692. The molecule has 1 aliphatic carbocycles. The van der Waals surface area contributed by atoms with Gasteiger partial charge in [-0.05, 0) is 33.6 Å². The second-order valence-corrected chi connectivity index (χ2v) is 7.72. The molecule has 1 aromatic rings. The van der Waals surface area contributed by atoms with Crippen LogP contribution in [0.2, 0.25) is 0 Å². The first-order chi connectivity index (χ1) is 8.79. The number of hydrogen-bond acceptors (Lipinski definition) is 5. The predicted octanol–water partition coefficient (Wildman–Crippen LogP) is 1.45. The number of nitrogens with zero attached hydrogens (tertiary/aromatic N) is 2. The van der Waals surface area contributed by atoms with E-state index in [-0.39, 0.29) is 0 Å². The lowest BCUT2D eigenvalue weighted by molar-refractivity contribution is 0.588. The van der Waals surface area contributed by atoms with Gasteiger partial charge >= 0.3 is 0 Å². The van der Waals surface area contributed by atoms with Crippen molar-refractivity contribution in [2.75, 3.05) is 6.26 Å². The van der Waals surface area contributed by atoms with Crippen LogP contribution in [0.5, 0.6) is 0 Å². The molecule has 0 radical (unpaired) electrons. The van der Waals surface area contributed by atoms with E-state index in [2.05, 4.69) is 15.3 Å². The largest absolute Gasteiger partial charge is 0.310 e. The van der Waals surface area contributed by atoms with E-state index in [9.17, 15) is 8.42 Å². The Morgan fingerprint density at radius 1 is 1.26 bits per heavy atom. The van der Waals surface area contributed by atoms with Crippen molar-refractivity contribution in [3.63, 3.8) is 0 Å². The molecule has 5 nitrogen and oxygen atoms in total. The second-order valence-electron chi connectivity index (χ2n) is 5.36. The lowest BCUT2D eigenvalue weighted by atomic mass is 10.1. The van der Waals surface area contributed by atoms with Crippen LogP contribution in [-0.4, -0.2) is 30.7 Å². The maximum atomic E-state index is 11.6. The van der Waals surface area contributed by atoms with Gasteiger partial charge in [-0.3, -0.25) is 0 Å². The number of aryl methyl sites for hydroxylation is 2. The van der Waals surface area contributed by atoms with Crippen LogP contribution in [0.25, 0.3) is 0 Å². The van der Waals surface area contributed by atoms with E-state index >= 15 is 0 Å². The van der Waals surface area contributed by atoms with E-state index in [4.69, 9.17) is 0 Å². The van der Waals surface area contributed by atoms with Gasteiger partial charge in [-0.2, -0.15) is 0 Å². The van der Waals surface area contributed by atoms with Gasteiger partial charge < -0.3 is 5.32 Å². The molecule has 0 saturated heterocycles. The normalized spacial score (nSPS) is 17.5. The third kappa shape index (κ3) is 3.51. The summed E-state index contributed by atoms with van der Waals surface area (Å²) < 4.78 is 23.1. The summed E-state index contributed by atoms with van der Waals surface area (Å²) in [6.07, 6.45) is 3.69. The Bertz CT molecular complexity index is 557. The van der Waals surface area contributed by atoms with Crippen molar-refractivity contribution in [3.8, 4) is 0 Å². The highest BCUT2D eigenvalue weighted by Gasteiger charge is 2.23. The SMILES string of the molecule is Cc1nc(C(C)S(C)(=O)=O)nc(C)c1CNC1CC1. The summed E-state index contributed by atoms with van der Waals surface area (Å²) in [6, 6.07) is 0.633. The first-order valence-corrected chi connectivity index (χ1v) is 8.50. The summed E-state index contributed by atoms with van der Waals surface area (Å²) in [5.41, 5.74) is 2.81. The molecule has 0 bridgehead atoms. The molecule has 1 N–H and O–H groups in total. The minimum atomic E-state index is -3.16. The maximum Gasteiger partial charge on any atom is 0.157 e. The monoisotopic (exact) mass is 283 g/mol. The standard InChI is InChI=1S/C13H21N3O2S/c1-8-12(7-14-11-5-6-11)9(2)16-13(15-8)10(3)19(4,17)18/h10-11,14H,5-7H2,1-4H3. The minimum Gasteiger partial charge on any atom is -0.310 e. The molecule has 1 unspecified atom stereocenters. The van der Waals surface area contributed by atoms with Gasteiger partial charge in [-0.15, -0.1) is 0 Å². The van der Waals surface area contributed by atoms with Crippen LogP contribution >= 0.6 is 0 Å². The Morgan fingerprint density at radius 2 is 1.79 bits per heavy atom. The molecule has 2 rings (SSSR count). The van der Waals surface area contributed by atoms with Gasteiger partial charge in [0, 0.05) is 35.8 Å². The Kier molecular flexibility index (Phi) is 3.92. The van der Waals surface area contributed by atoms with Crippen molar-refractivity contribution >= 4 is 9.84 Å². The molecule has 1 aliphatic rings. The minimum absolute atomic E-state index is 0.396. The van der Waals surface area contributed by atoms with E-state index < -0.39 is 15.1 Å². The molecule has 6 heteroatoms. The fourth-order valence-electron chi connectivity index (χ4n) is 1.93. The number of aromatic nitrogens is 2. The molecule has 19 heavy (non-hydrogen) atoms. The molecule has 0 aromatic carbocycles. The molecule has 106 valence electrons. The summed E-state index contributed by atoms with van der Waals surface area (Å²) in [6.45, 7) is 6.22. The third-order valence-electron chi connectivity index (χ3n) is 3.59. The maximum absolute atomic E-state index is 11.6. The number of hydrogen-bond donors (Lipinski definition) is 1. The zero-order valence-corrected chi connectivity index (χ0v) is 12.7. The topological polar surface area (TPSA) is 72.0 Å². The lowest BCUT2D eigenvalue weighted by Gasteiger charge is -2.14. The molecule has 0 aliphatic heterocycles. The Hall–Kier alpha value is -1.01. The van der Waals surface area contributed by atoms with Crippen LogP contribution in [0.3, 0.4) is 0 Å². The summed E-state index contributed by atoms with van der Waals surface area (Å²) in [5, 5.41) is 2.78. The Labute approximate surface area is 114 Å². The van der Waals surface area contributed by atoms with Gasteiger partial charge in [0.15, 0.2) is 9.84 Å². The number of rotatable bonds is 5. The molecule has 1 atom stereocenters.